The number of benzene rings is 1. The molecule has 1 aromatic heterocycles. The summed E-state index contributed by atoms with van der Waals surface area (Å²) in [6.07, 6.45) is 2.58. The van der Waals surface area contributed by atoms with Gasteiger partial charge in [0.1, 0.15) is 0 Å². The highest BCUT2D eigenvalue weighted by Gasteiger charge is 2.30. The van der Waals surface area contributed by atoms with Crippen molar-refractivity contribution in [2.45, 2.75) is 32.4 Å². The van der Waals surface area contributed by atoms with Gasteiger partial charge in [-0.2, -0.15) is 11.3 Å². The SMILES string of the molecule is Cc1ccc(N)c(N(Cc2ccsc2)C2CC2)c1. The number of anilines is 2. The fraction of sp³-hybridized carbons (Fsp3) is 0.333. The van der Waals surface area contributed by atoms with Crippen LogP contribution in [-0.2, 0) is 6.54 Å². The van der Waals surface area contributed by atoms with Crippen molar-refractivity contribution in [2.75, 3.05) is 10.6 Å². The van der Waals surface area contributed by atoms with E-state index in [1.54, 1.807) is 11.3 Å². The summed E-state index contributed by atoms with van der Waals surface area (Å²) < 4.78 is 0. The molecular weight excluding hydrogens is 240 g/mol. The molecule has 2 aromatic rings. The van der Waals surface area contributed by atoms with E-state index < -0.39 is 0 Å². The van der Waals surface area contributed by atoms with Crippen LogP contribution in [0.3, 0.4) is 0 Å². The van der Waals surface area contributed by atoms with Crippen molar-refractivity contribution >= 4 is 22.7 Å². The summed E-state index contributed by atoms with van der Waals surface area (Å²) in [5.41, 5.74) is 10.9. The molecule has 0 bridgehead atoms. The molecule has 0 aliphatic heterocycles. The molecule has 0 radical (unpaired) electrons. The van der Waals surface area contributed by atoms with Crippen LogP contribution in [0.5, 0.6) is 0 Å². The van der Waals surface area contributed by atoms with Gasteiger partial charge in [0.2, 0.25) is 0 Å². The van der Waals surface area contributed by atoms with Crippen molar-refractivity contribution in [3.05, 3.63) is 46.2 Å². The van der Waals surface area contributed by atoms with E-state index in [1.807, 2.05) is 6.07 Å². The zero-order chi connectivity index (χ0) is 12.5. The van der Waals surface area contributed by atoms with E-state index in [9.17, 15) is 0 Å². The van der Waals surface area contributed by atoms with Gasteiger partial charge in [-0.1, -0.05) is 6.07 Å². The van der Waals surface area contributed by atoms with Crippen LogP contribution in [-0.4, -0.2) is 6.04 Å². The van der Waals surface area contributed by atoms with Crippen molar-refractivity contribution in [2.24, 2.45) is 0 Å². The highest BCUT2D eigenvalue weighted by Crippen LogP contribution is 2.36. The number of nitrogens with two attached hydrogens (primary N) is 1. The van der Waals surface area contributed by atoms with E-state index in [4.69, 9.17) is 5.73 Å². The molecule has 2 nitrogen and oxygen atoms in total. The van der Waals surface area contributed by atoms with Gasteiger partial charge in [-0.15, -0.1) is 0 Å². The van der Waals surface area contributed by atoms with Gasteiger partial charge < -0.3 is 10.6 Å². The summed E-state index contributed by atoms with van der Waals surface area (Å²) in [6, 6.07) is 9.18. The fourth-order valence-electron chi connectivity index (χ4n) is 2.28. The largest absolute Gasteiger partial charge is 0.397 e. The first-order valence-corrected chi connectivity index (χ1v) is 7.32. The van der Waals surface area contributed by atoms with Gasteiger partial charge in [0.05, 0.1) is 11.4 Å². The lowest BCUT2D eigenvalue weighted by Gasteiger charge is -2.26. The number of nitrogen functional groups attached to an aromatic ring is 1. The highest BCUT2D eigenvalue weighted by atomic mass is 32.1. The molecule has 1 saturated carbocycles. The number of rotatable bonds is 4. The summed E-state index contributed by atoms with van der Waals surface area (Å²) in [5.74, 6) is 0. The first-order chi connectivity index (χ1) is 8.74. The van der Waals surface area contributed by atoms with E-state index in [1.165, 1.54) is 29.7 Å². The molecule has 1 aromatic carbocycles. The fourth-order valence-corrected chi connectivity index (χ4v) is 2.94. The number of nitrogens with zero attached hydrogens (tertiary/aromatic N) is 1. The van der Waals surface area contributed by atoms with Crippen LogP contribution in [0.1, 0.15) is 24.0 Å². The van der Waals surface area contributed by atoms with Crippen molar-refractivity contribution < 1.29 is 0 Å². The van der Waals surface area contributed by atoms with Crippen molar-refractivity contribution in [1.29, 1.82) is 0 Å². The second kappa shape index (κ2) is 4.65. The molecule has 94 valence electrons. The van der Waals surface area contributed by atoms with Crippen LogP contribution in [0.4, 0.5) is 11.4 Å². The van der Waals surface area contributed by atoms with Crippen LogP contribution in [0.2, 0.25) is 0 Å². The Labute approximate surface area is 112 Å². The van der Waals surface area contributed by atoms with Gasteiger partial charge in [-0.3, -0.25) is 0 Å². The normalized spacial score (nSPS) is 14.7. The Balaban J connectivity index is 1.91. The molecule has 1 aliphatic carbocycles. The minimum absolute atomic E-state index is 0.675. The molecular formula is C15H18N2S. The molecule has 1 heterocycles. The second-order valence-electron chi connectivity index (χ2n) is 5.05. The lowest BCUT2D eigenvalue weighted by atomic mass is 10.1. The van der Waals surface area contributed by atoms with Crippen molar-refractivity contribution in [3.8, 4) is 0 Å². The summed E-state index contributed by atoms with van der Waals surface area (Å²) in [7, 11) is 0. The van der Waals surface area contributed by atoms with Crippen molar-refractivity contribution in [1.82, 2.24) is 0 Å². The Morgan fingerprint density at radius 3 is 2.83 bits per heavy atom. The topological polar surface area (TPSA) is 29.3 Å². The zero-order valence-electron chi connectivity index (χ0n) is 10.6. The van der Waals surface area contributed by atoms with Crippen LogP contribution in [0.15, 0.2) is 35.0 Å². The summed E-state index contributed by atoms with van der Waals surface area (Å²) in [6.45, 7) is 3.10. The third-order valence-corrected chi connectivity index (χ3v) is 4.15. The maximum atomic E-state index is 6.15. The van der Waals surface area contributed by atoms with Gasteiger partial charge in [0.15, 0.2) is 0 Å². The Morgan fingerprint density at radius 1 is 1.33 bits per heavy atom. The molecule has 2 N–H and O–H groups in total. The van der Waals surface area contributed by atoms with E-state index in [2.05, 4.69) is 40.8 Å². The van der Waals surface area contributed by atoms with Gasteiger partial charge in [0, 0.05) is 12.6 Å². The molecule has 0 unspecified atom stereocenters. The lowest BCUT2D eigenvalue weighted by molar-refractivity contribution is 0.797. The van der Waals surface area contributed by atoms with E-state index in [-0.39, 0.29) is 0 Å². The molecule has 1 fully saturated rings. The number of aryl methyl sites for hydroxylation is 1. The van der Waals surface area contributed by atoms with Gasteiger partial charge in [-0.05, 0) is 59.9 Å². The third kappa shape index (κ3) is 2.36. The van der Waals surface area contributed by atoms with E-state index in [0.29, 0.717) is 6.04 Å². The lowest BCUT2D eigenvalue weighted by Crippen LogP contribution is -2.25. The molecule has 3 heteroatoms. The van der Waals surface area contributed by atoms with Crippen molar-refractivity contribution in [3.63, 3.8) is 0 Å². The van der Waals surface area contributed by atoms with Crippen LogP contribution < -0.4 is 10.6 Å². The average Bonchev–Trinajstić information content (AvgIpc) is 3.07. The van der Waals surface area contributed by atoms with Crippen LogP contribution >= 0.6 is 11.3 Å². The number of hydrogen-bond donors (Lipinski definition) is 1. The Kier molecular flexibility index (Phi) is 3.00. The third-order valence-electron chi connectivity index (χ3n) is 3.42. The molecule has 0 spiro atoms. The Morgan fingerprint density at radius 2 is 2.17 bits per heavy atom. The second-order valence-corrected chi connectivity index (χ2v) is 5.83. The molecule has 0 amide bonds. The molecule has 3 rings (SSSR count). The molecule has 18 heavy (non-hydrogen) atoms. The van der Waals surface area contributed by atoms with Crippen LogP contribution in [0, 0.1) is 6.92 Å². The predicted molar refractivity (Wildman–Crippen MR) is 79.1 cm³/mol. The molecule has 0 saturated heterocycles. The van der Waals surface area contributed by atoms with Gasteiger partial charge in [0.25, 0.3) is 0 Å². The Hall–Kier alpha value is -1.48. The average molecular weight is 258 g/mol. The van der Waals surface area contributed by atoms with E-state index in [0.717, 1.165) is 12.2 Å². The molecule has 1 aliphatic rings. The standard InChI is InChI=1S/C15H18N2S/c1-11-2-5-14(16)15(8-11)17(13-3-4-13)9-12-6-7-18-10-12/h2,5-8,10,13H,3-4,9,16H2,1H3. The Bertz CT molecular complexity index is 529. The smallest absolute Gasteiger partial charge is 0.0608 e. The van der Waals surface area contributed by atoms with Crippen LogP contribution in [0.25, 0.3) is 0 Å². The number of hydrogen-bond acceptors (Lipinski definition) is 3. The first kappa shape index (κ1) is 11.6. The minimum atomic E-state index is 0.675. The minimum Gasteiger partial charge on any atom is -0.397 e. The van der Waals surface area contributed by atoms with E-state index >= 15 is 0 Å². The maximum absolute atomic E-state index is 6.15. The summed E-state index contributed by atoms with van der Waals surface area (Å²) in [5, 5.41) is 4.36. The summed E-state index contributed by atoms with van der Waals surface area (Å²) in [4.78, 5) is 2.46. The maximum Gasteiger partial charge on any atom is 0.0608 e. The molecule has 0 atom stereocenters. The van der Waals surface area contributed by atoms with Gasteiger partial charge in [-0.25, -0.2) is 0 Å². The summed E-state index contributed by atoms with van der Waals surface area (Å²) >= 11 is 1.76. The predicted octanol–water partition coefficient (Wildman–Crippen LogP) is 3.81. The first-order valence-electron chi connectivity index (χ1n) is 6.38. The van der Waals surface area contributed by atoms with Gasteiger partial charge >= 0.3 is 0 Å². The number of thiophene rings is 1. The highest BCUT2D eigenvalue weighted by molar-refractivity contribution is 7.07. The monoisotopic (exact) mass is 258 g/mol. The zero-order valence-corrected chi connectivity index (χ0v) is 11.4. The quantitative estimate of drug-likeness (QED) is 0.845.